The summed E-state index contributed by atoms with van der Waals surface area (Å²) in [5.41, 5.74) is 0.865. The second-order valence-corrected chi connectivity index (χ2v) is 11.1. The number of hydrogen-bond donors (Lipinski definition) is 3. The normalized spacial score (nSPS) is 13.2. The number of benzene rings is 3. The number of nitrogens with zero attached hydrogens (tertiary/aromatic N) is 2. The molecule has 0 radical (unpaired) electrons. The number of aliphatic hydroxyl groups excluding tert-OH is 1. The van der Waals surface area contributed by atoms with Crippen molar-refractivity contribution in [2.24, 2.45) is 0 Å². The molecule has 4 aromatic rings. The summed E-state index contributed by atoms with van der Waals surface area (Å²) in [6, 6.07) is 18.5. The van der Waals surface area contributed by atoms with E-state index in [1.54, 1.807) is 28.8 Å². The maximum absolute atomic E-state index is 13.6. The molecule has 0 fully saturated rings. The Balaban J connectivity index is 1.54. The fraction of sp³-hybridized carbons (Fsp3) is 0.382. The van der Waals surface area contributed by atoms with E-state index in [-0.39, 0.29) is 35.8 Å². The van der Waals surface area contributed by atoms with E-state index >= 15 is 0 Å². The molecular formula is C34H39F3N4O3. The molecule has 10 heteroatoms. The van der Waals surface area contributed by atoms with Crippen LogP contribution >= 0.6 is 0 Å². The van der Waals surface area contributed by atoms with E-state index in [0.717, 1.165) is 43.4 Å². The Bertz CT molecular complexity index is 1580. The minimum Gasteiger partial charge on any atom is -0.390 e. The van der Waals surface area contributed by atoms with Crippen molar-refractivity contribution >= 4 is 16.8 Å². The van der Waals surface area contributed by atoms with Crippen molar-refractivity contribution in [3.8, 4) is 0 Å². The monoisotopic (exact) mass is 608 g/mol. The molecular weight excluding hydrogens is 569 g/mol. The number of carbonyl (C=O) groups excluding carboxylic acids is 1. The highest BCUT2D eigenvalue weighted by atomic mass is 19.4. The molecule has 44 heavy (non-hydrogen) atoms. The molecule has 1 aromatic heterocycles. The number of fused-ring (bicyclic) bond motifs is 1. The fourth-order valence-corrected chi connectivity index (χ4v) is 5.46. The summed E-state index contributed by atoms with van der Waals surface area (Å²) in [5, 5.41) is 17.4. The lowest BCUT2D eigenvalue weighted by atomic mass is 10.00. The molecule has 0 spiro atoms. The maximum Gasteiger partial charge on any atom is 0.416 e. The number of carbonyl (C=O) groups is 1. The van der Waals surface area contributed by atoms with E-state index < -0.39 is 29.8 Å². The summed E-state index contributed by atoms with van der Waals surface area (Å²) in [6.07, 6.45) is -0.144. The van der Waals surface area contributed by atoms with Crippen LogP contribution in [0, 0.1) is 0 Å². The smallest absolute Gasteiger partial charge is 0.390 e. The molecule has 0 bridgehead atoms. The summed E-state index contributed by atoms with van der Waals surface area (Å²) in [6.45, 7) is 4.27. The van der Waals surface area contributed by atoms with Gasteiger partial charge in [0.15, 0.2) is 0 Å². The maximum atomic E-state index is 13.6. The Morgan fingerprint density at radius 3 is 2.32 bits per heavy atom. The van der Waals surface area contributed by atoms with Crippen molar-refractivity contribution in [2.45, 2.75) is 76.9 Å². The Hall–Kier alpha value is -4.02. The minimum atomic E-state index is -4.45. The van der Waals surface area contributed by atoms with Gasteiger partial charge >= 0.3 is 6.18 Å². The van der Waals surface area contributed by atoms with Crippen molar-refractivity contribution < 1.29 is 23.1 Å². The highest BCUT2D eigenvalue weighted by Crippen LogP contribution is 2.29. The molecule has 4 rings (SSSR count). The fourth-order valence-electron chi connectivity index (χ4n) is 5.46. The van der Waals surface area contributed by atoms with Gasteiger partial charge in [-0.15, -0.1) is 0 Å². The third-order valence-electron chi connectivity index (χ3n) is 7.71. The first-order chi connectivity index (χ1) is 21.1. The Labute approximate surface area is 255 Å². The van der Waals surface area contributed by atoms with Crippen molar-refractivity contribution in [2.75, 3.05) is 6.54 Å². The molecule has 3 N–H and O–H groups in total. The number of halogens is 3. The number of nitrogens with one attached hydrogen (secondary N) is 2. The van der Waals surface area contributed by atoms with Crippen LogP contribution in [0.1, 0.15) is 72.6 Å². The molecule has 1 amide bonds. The van der Waals surface area contributed by atoms with Crippen molar-refractivity contribution in [1.82, 2.24) is 20.2 Å². The van der Waals surface area contributed by atoms with Crippen LogP contribution in [0.3, 0.4) is 0 Å². The molecule has 2 atom stereocenters. The highest BCUT2D eigenvalue weighted by Gasteiger charge is 2.30. The molecule has 0 saturated heterocycles. The second kappa shape index (κ2) is 15.1. The lowest BCUT2D eigenvalue weighted by molar-refractivity contribution is -0.137. The average Bonchev–Trinajstić information content (AvgIpc) is 3.01. The predicted octanol–water partition coefficient (Wildman–Crippen LogP) is 6.05. The van der Waals surface area contributed by atoms with Gasteiger partial charge in [0.25, 0.3) is 11.5 Å². The number of hydrogen-bond acceptors (Lipinski definition) is 5. The lowest BCUT2D eigenvalue weighted by Gasteiger charge is -2.25. The topological polar surface area (TPSA) is 96.2 Å². The first-order valence-corrected chi connectivity index (χ1v) is 15.0. The summed E-state index contributed by atoms with van der Waals surface area (Å²) in [4.78, 5) is 31.6. The average molecular weight is 609 g/mol. The van der Waals surface area contributed by atoms with E-state index in [9.17, 15) is 27.9 Å². The third kappa shape index (κ3) is 8.33. The molecule has 7 nitrogen and oxygen atoms in total. The number of alkyl halides is 3. The zero-order valence-corrected chi connectivity index (χ0v) is 25.0. The van der Waals surface area contributed by atoms with Crippen LogP contribution in [0.25, 0.3) is 10.9 Å². The van der Waals surface area contributed by atoms with Gasteiger partial charge in [-0.25, -0.2) is 4.98 Å². The Morgan fingerprint density at radius 1 is 0.955 bits per heavy atom. The van der Waals surface area contributed by atoms with Gasteiger partial charge in [-0.2, -0.15) is 13.2 Å². The molecule has 0 aliphatic carbocycles. The van der Waals surface area contributed by atoms with E-state index in [4.69, 9.17) is 0 Å². The van der Waals surface area contributed by atoms with Gasteiger partial charge < -0.3 is 15.7 Å². The zero-order valence-electron chi connectivity index (χ0n) is 25.0. The summed E-state index contributed by atoms with van der Waals surface area (Å²) < 4.78 is 41.0. The van der Waals surface area contributed by atoms with Gasteiger partial charge in [0.2, 0.25) is 0 Å². The Morgan fingerprint density at radius 2 is 1.64 bits per heavy atom. The zero-order chi connectivity index (χ0) is 31.7. The molecule has 0 aliphatic rings. The number of aromatic nitrogens is 2. The first kappa shape index (κ1) is 32.9. The quantitative estimate of drug-likeness (QED) is 0.162. The van der Waals surface area contributed by atoms with Crippen molar-refractivity contribution in [3.63, 3.8) is 0 Å². The summed E-state index contributed by atoms with van der Waals surface area (Å²) >= 11 is 0. The van der Waals surface area contributed by atoms with Crippen LogP contribution in [0.4, 0.5) is 13.2 Å². The second-order valence-electron chi connectivity index (χ2n) is 11.1. The molecule has 234 valence electrons. The minimum absolute atomic E-state index is 0.0166. The highest BCUT2D eigenvalue weighted by molar-refractivity contribution is 6.05. The van der Waals surface area contributed by atoms with E-state index in [2.05, 4.69) is 29.5 Å². The molecule has 0 aliphatic heterocycles. The molecule has 1 heterocycles. The van der Waals surface area contributed by atoms with Crippen LogP contribution in [0.5, 0.6) is 0 Å². The summed E-state index contributed by atoms with van der Waals surface area (Å²) in [5.74, 6) is -0.489. The number of rotatable bonds is 14. The van der Waals surface area contributed by atoms with Gasteiger partial charge in [0.1, 0.15) is 0 Å². The van der Waals surface area contributed by atoms with Gasteiger partial charge in [-0.05, 0) is 48.6 Å². The van der Waals surface area contributed by atoms with Gasteiger partial charge in [0.05, 0.1) is 40.5 Å². The predicted molar refractivity (Wildman–Crippen MR) is 165 cm³/mol. The number of amides is 1. The molecule has 3 aromatic carbocycles. The van der Waals surface area contributed by atoms with E-state index in [1.807, 2.05) is 30.3 Å². The van der Waals surface area contributed by atoms with Crippen LogP contribution in [0.15, 0.2) is 83.9 Å². The van der Waals surface area contributed by atoms with Gasteiger partial charge in [-0.1, -0.05) is 81.3 Å². The summed E-state index contributed by atoms with van der Waals surface area (Å²) in [7, 11) is 0. The van der Waals surface area contributed by atoms with E-state index in [0.29, 0.717) is 17.4 Å². The van der Waals surface area contributed by atoms with Crippen LogP contribution in [-0.4, -0.2) is 39.3 Å². The molecule has 2 unspecified atom stereocenters. The first-order valence-electron chi connectivity index (χ1n) is 15.0. The van der Waals surface area contributed by atoms with Crippen molar-refractivity contribution in [1.29, 1.82) is 0 Å². The van der Waals surface area contributed by atoms with Gasteiger partial charge in [-0.3, -0.25) is 14.2 Å². The largest absolute Gasteiger partial charge is 0.416 e. The lowest BCUT2D eigenvalue weighted by Crippen LogP contribution is -2.48. The number of aliphatic hydroxyl groups is 1. The molecule has 0 saturated carbocycles. The Kier molecular flexibility index (Phi) is 11.3. The standard InChI is InChI=1S/C34H39F3N4O3/c1-3-10-26(11-4-2)41-22-39-31-27(16-9-17-28(31)33(41)44)32(43)40-29(19-23-12-6-5-7-13-23)30(42)21-38-20-24-14-8-15-25(18-24)34(35,36)37/h5-9,12-18,22,26,29-30,38,42H,3-4,10-11,19-21H2,1-2H3,(H,40,43). The third-order valence-corrected chi connectivity index (χ3v) is 7.71. The van der Waals surface area contributed by atoms with Gasteiger partial charge in [0, 0.05) is 19.1 Å². The number of para-hydroxylation sites is 1. The van der Waals surface area contributed by atoms with Crippen LogP contribution < -0.4 is 16.2 Å². The van der Waals surface area contributed by atoms with Crippen LogP contribution in [-0.2, 0) is 19.1 Å². The van der Waals surface area contributed by atoms with E-state index in [1.165, 1.54) is 12.4 Å². The SMILES string of the molecule is CCCC(CCC)n1cnc2c(C(=O)NC(Cc3ccccc3)C(O)CNCc3cccc(C(F)(F)F)c3)cccc2c1=O. The van der Waals surface area contributed by atoms with Crippen molar-refractivity contribution in [3.05, 3.63) is 112 Å². The van der Waals surface area contributed by atoms with Crippen LogP contribution in [0.2, 0.25) is 0 Å².